The summed E-state index contributed by atoms with van der Waals surface area (Å²) in [7, 11) is -2.11. The number of halogens is 1. The van der Waals surface area contributed by atoms with Gasteiger partial charge in [0.2, 0.25) is 5.91 Å². The lowest BCUT2D eigenvalue weighted by molar-refractivity contribution is -0.127. The van der Waals surface area contributed by atoms with Crippen molar-refractivity contribution >= 4 is 15.9 Å². The van der Waals surface area contributed by atoms with Gasteiger partial charge in [-0.2, -0.15) is 4.31 Å². The number of carbonyl (C=O) groups is 1. The van der Waals surface area contributed by atoms with Crippen LogP contribution in [0.25, 0.3) is 0 Å². The third-order valence-electron chi connectivity index (χ3n) is 4.82. The molecule has 2 atom stereocenters. The highest BCUT2D eigenvalue weighted by Crippen LogP contribution is 2.33. The van der Waals surface area contributed by atoms with E-state index in [-0.39, 0.29) is 42.4 Å². The summed E-state index contributed by atoms with van der Waals surface area (Å²) in [4.78, 5) is 15.9. The van der Waals surface area contributed by atoms with Crippen molar-refractivity contribution in [2.24, 2.45) is 7.05 Å². The molecule has 2 heterocycles. The molecule has 2 aromatic rings. The number of amides is 1. The number of nitrogens with one attached hydrogen (secondary N) is 1. The fourth-order valence-corrected chi connectivity index (χ4v) is 4.73. The quantitative estimate of drug-likeness (QED) is 0.689. The van der Waals surface area contributed by atoms with E-state index < -0.39 is 16.1 Å². The van der Waals surface area contributed by atoms with E-state index >= 15 is 0 Å². The summed E-state index contributed by atoms with van der Waals surface area (Å²) in [6.07, 6.45) is 3.14. The average molecular weight is 424 g/mol. The summed E-state index contributed by atoms with van der Waals surface area (Å²) in [6, 6.07) is 5.89. The molecule has 10 heteroatoms. The van der Waals surface area contributed by atoms with Gasteiger partial charge >= 0.3 is 0 Å². The molecule has 1 aliphatic heterocycles. The first-order chi connectivity index (χ1) is 13.8. The zero-order valence-electron chi connectivity index (χ0n) is 16.4. The van der Waals surface area contributed by atoms with Gasteiger partial charge in [0.1, 0.15) is 12.4 Å². The lowest BCUT2D eigenvalue weighted by atomic mass is 9.96. The van der Waals surface area contributed by atoms with Gasteiger partial charge in [0.25, 0.3) is 10.0 Å². The van der Waals surface area contributed by atoms with E-state index in [1.165, 1.54) is 29.0 Å². The maximum atomic E-state index is 13.3. The Morgan fingerprint density at radius 2 is 2.03 bits per heavy atom. The molecule has 158 valence electrons. The highest BCUT2D eigenvalue weighted by molar-refractivity contribution is 7.89. The van der Waals surface area contributed by atoms with Crippen LogP contribution < -0.4 is 5.32 Å². The number of aromatic nitrogens is 2. The Morgan fingerprint density at radius 3 is 2.66 bits per heavy atom. The molecule has 1 fully saturated rings. The number of ether oxygens (including phenoxy) is 1. The van der Waals surface area contributed by atoms with E-state index in [1.54, 1.807) is 23.7 Å². The predicted octanol–water partition coefficient (Wildman–Crippen LogP) is 1.26. The molecule has 1 aliphatic rings. The molecule has 0 aliphatic carbocycles. The molecule has 1 amide bonds. The van der Waals surface area contributed by atoms with Crippen LogP contribution in [-0.2, 0) is 26.6 Å². The molecule has 3 rings (SSSR count). The van der Waals surface area contributed by atoms with E-state index in [2.05, 4.69) is 10.3 Å². The number of rotatable bonds is 8. The molecule has 29 heavy (non-hydrogen) atoms. The molecule has 1 aromatic carbocycles. The topological polar surface area (TPSA) is 93.5 Å². The highest BCUT2D eigenvalue weighted by atomic mass is 32.2. The summed E-state index contributed by atoms with van der Waals surface area (Å²) < 4.78 is 47.9. The summed E-state index contributed by atoms with van der Waals surface area (Å²) >= 11 is 0. The van der Waals surface area contributed by atoms with Crippen LogP contribution >= 0.6 is 0 Å². The first-order valence-corrected chi connectivity index (χ1v) is 10.9. The summed E-state index contributed by atoms with van der Waals surface area (Å²) in [6.45, 7) is 2.57. The lowest BCUT2D eigenvalue weighted by Gasteiger charge is -2.19. The van der Waals surface area contributed by atoms with Crippen molar-refractivity contribution in [1.29, 1.82) is 0 Å². The van der Waals surface area contributed by atoms with Gasteiger partial charge in [-0.05, 0) is 24.1 Å². The Labute approximate surface area is 169 Å². The minimum atomic E-state index is -3.81. The molecular weight excluding hydrogens is 399 g/mol. The number of carbonyl (C=O) groups excluding carboxylic acids is 1. The molecule has 0 radical (unpaired) electrons. The Balaban J connectivity index is 1.79. The van der Waals surface area contributed by atoms with Gasteiger partial charge in [0.15, 0.2) is 5.03 Å². The van der Waals surface area contributed by atoms with Crippen molar-refractivity contribution in [3.63, 3.8) is 0 Å². The van der Waals surface area contributed by atoms with Gasteiger partial charge in [-0.3, -0.25) is 4.79 Å². The fourth-order valence-electron chi connectivity index (χ4n) is 3.29. The molecule has 8 nitrogen and oxygen atoms in total. The second kappa shape index (κ2) is 9.02. The second-order valence-corrected chi connectivity index (χ2v) is 8.94. The highest BCUT2D eigenvalue weighted by Gasteiger charge is 2.41. The molecule has 0 saturated carbocycles. The molecular formula is C19H25FN4O4S. The van der Waals surface area contributed by atoms with Crippen LogP contribution in [0, 0.1) is 5.82 Å². The second-order valence-electron chi connectivity index (χ2n) is 7.06. The van der Waals surface area contributed by atoms with E-state index in [0.29, 0.717) is 6.54 Å². The van der Waals surface area contributed by atoms with Crippen LogP contribution in [0.15, 0.2) is 41.8 Å². The molecule has 0 spiro atoms. The van der Waals surface area contributed by atoms with Gasteiger partial charge < -0.3 is 14.6 Å². The van der Waals surface area contributed by atoms with Crippen LogP contribution in [0.4, 0.5) is 4.39 Å². The molecule has 1 N–H and O–H groups in total. The zero-order chi connectivity index (χ0) is 21.0. The third kappa shape index (κ3) is 5.01. The third-order valence-corrected chi connectivity index (χ3v) is 6.53. The standard InChI is InChI=1S/C19H25FN4O4S/c1-3-8-21-18(25)12-28-17-10-24(29(26,27)19-11-23(2)13-22-19)9-16(17)14-4-6-15(20)7-5-14/h4-7,11,13,16-17H,3,8-10,12H2,1-2H3,(H,21,25)/t16-,17+/m0/s1. The molecule has 0 bridgehead atoms. The fraction of sp³-hybridized carbons (Fsp3) is 0.474. The predicted molar refractivity (Wildman–Crippen MR) is 104 cm³/mol. The number of nitrogens with zero attached hydrogens (tertiary/aromatic N) is 3. The largest absolute Gasteiger partial charge is 0.366 e. The Kier molecular flexibility index (Phi) is 6.66. The van der Waals surface area contributed by atoms with Gasteiger partial charge in [-0.15, -0.1) is 0 Å². The summed E-state index contributed by atoms with van der Waals surface area (Å²) in [5, 5.41) is 2.69. The van der Waals surface area contributed by atoms with Crippen molar-refractivity contribution in [2.45, 2.75) is 30.4 Å². The van der Waals surface area contributed by atoms with Crippen LogP contribution in [0.2, 0.25) is 0 Å². The molecule has 1 saturated heterocycles. The SMILES string of the molecule is CCCNC(=O)CO[C@@H]1CN(S(=O)(=O)c2cn(C)cn2)C[C@H]1c1ccc(F)cc1. The van der Waals surface area contributed by atoms with E-state index in [4.69, 9.17) is 4.74 Å². The number of hydrogen-bond acceptors (Lipinski definition) is 5. The van der Waals surface area contributed by atoms with Crippen LogP contribution in [0.5, 0.6) is 0 Å². The normalized spacial score (nSPS) is 20.1. The number of sulfonamides is 1. The van der Waals surface area contributed by atoms with Crippen LogP contribution in [-0.4, -0.2) is 60.5 Å². The molecule has 0 unspecified atom stereocenters. The van der Waals surface area contributed by atoms with Crippen molar-refractivity contribution in [2.75, 3.05) is 26.2 Å². The maximum absolute atomic E-state index is 13.3. The maximum Gasteiger partial charge on any atom is 0.262 e. The average Bonchev–Trinajstić information content (AvgIpc) is 3.32. The lowest BCUT2D eigenvalue weighted by Crippen LogP contribution is -2.33. The van der Waals surface area contributed by atoms with Crippen LogP contribution in [0.1, 0.15) is 24.8 Å². The summed E-state index contributed by atoms with van der Waals surface area (Å²) in [5.74, 6) is -0.954. The van der Waals surface area contributed by atoms with E-state index in [0.717, 1.165) is 12.0 Å². The van der Waals surface area contributed by atoms with Crippen LogP contribution in [0.3, 0.4) is 0 Å². The van der Waals surface area contributed by atoms with Gasteiger partial charge in [-0.1, -0.05) is 19.1 Å². The smallest absolute Gasteiger partial charge is 0.262 e. The van der Waals surface area contributed by atoms with Gasteiger partial charge in [0, 0.05) is 38.8 Å². The minimum Gasteiger partial charge on any atom is -0.366 e. The summed E-state index contributed by atoms with van der Waals surface area (Å²) in [5.41, 5.74) is 0.754. The Bertz CT molecular complexity index is 945. The van der Waals surface area contributed by atoms with Crippen molar-refractivity contribution in [1.82, 2.24) is 19.2 Å². The van der Waals surface area contributed by atoms with E-state index in [9.17, 15) is 17.6 Å². The number of aryl methyl sites for hydroxylation is 1. The van der Waals surface area contributed by atoms with Crippen molar-refractivity contribution in [3.05, 3.63) is 48.2 Å². The number of hydrogen-bond donors (Lipinski definition) is 1. The van der Waals surface area contributed by atoms with Gasteiger partial charge in [-0.25, -0.2) is 17.8 Å². The number of benzene rings is 1. The van der Waals surface area contributed by atoms with Crippen molar-refractivity contribution in [3.8, 4) is 0 Å². The van der Waals surface area contributed by atoms with E-state index in [1.807, 2.05) is 6.92 Å². The minimum absolute atomic E-state index is 0.0424. The zero-order valence-corrected chi connectivity index (χ0v) is 17.2. The number of imidazole rings is 1. The monoisotopic (exact) mass is 424 g/mol. The first kappa shape index (κ1) is 21.4. The Morgan fingerprint density at radius 1 is 1.31 bits per heavy atom. The molecule has 1 aromatic heterocycles. The first-order valence-electron chi connectivity index (χ1n) is 9.43. The van der Waals surface area contributed by atoms with Gasteiger partial charge in [0.05, 0.1) is 12.4 Å². The Hall–Kier alpha value is -2.30. The van der Waals surface area contributed by atoms with Crippen molar-refractivity contribution < 1.29 is 22.3 Å².